The summed E-state index contributed by atoms with van der Waals surface area (Å²) < 4.78 is 4.91. The van der Waals surface area contributed by atoms with Crippen molar-refractivity contribution in [1.29, 1.82) is 0 Å². The minimum Gasteiger partial charge on any atom is -0.368 e. The quantitative estimate of drug-likeness (QED) is 0.891. The van der Waals surface area contributed by atoms with Gasteiger partial charge in [-0.2, -0.15) is 0 Å². The summed E-state index contributed by atoms with van der Waals surface area (Å²) in [4.78, 5) is 14.1. The third-order valence-corrected chi connectivity index (χ3v) is 3.49. The number of anilines is 1. The van der Waals surface area contributed by atoms with Crippen LogP contribution in [0.25, 0.3) is 0 Å². The van der Waals surface area contributed by atoms with E-state index in [1.807, 2.05) is 4.90 Å². The fourth-order valence-corrected chi connectivity index (χ4v) is 2.49. The summed E-state index contributed by atoms with van der Waals surface area (Å²) in [6.45, 7) is 7.88. The zero-order valence-corrected chi connectivity index (χ0v) is 12.0. The fourth-order valence-electron chi connectivity index (χ4n) is 2.49. The van der Waals surface area contributed by atoms with Crippen LogP contribution in [0.15, 0.2) is 10.6 Å². The van der Waals surface area contributed by atoms with Crippen molar-refractivity contribution in [2.45, 2.75) is 46.0 Å². The zero-order valence-electron chi connectivity index (χ0n) is 12.0. The molecule has 2 N–H and O–H groups in total. The Labute approximate surface area is 114 Å². The predicted molar refractivity (Wildman–Crippen MR) is 73.5 cm³/mol. The number of likely N-dealkylation sites (tertiary alicyclic amines) is 1. The van der Waals surface area contributed by atoms with E-state index in [1.165, 1.54) is 0 Å². The van der Waals surface area contributed by atoms with Gasteiger partial charge in [0.15, 0.2) is 0 Å². The number of rotatable bonds is 2. The van der Waals surface area contributed by atoms with Gasteiger partial charge in [0, 0.05) is 31.5 Å². The average Bonchev–Trinajstić information content (AvgIpc) is 2.74. The topological polar surface area (TPSA) is 72.4 Å². The summed E-state index contributed by atoms with van der Waals surface area (Å²) in [6.07, 6.45) is 2.47. The number of nitrogens with zero attached hydrogens (tertiary/aromatic N) is 2. The second kappa shape index (κ2) is 5.23. The number of nitrogens with two attached hydrogens (primary N) is 1. The third-order valence-electron chi connectivity index (χ3n) is 3.49. The molecule has 0 bridgehead atoms. The molecule has 1 amide bonds. The molecule has 1 aromatic rings. The Bertz CT molecular complexity index is 440. The molecule has 19 heavy (non-hydrogen) atoms. The molecule has 0 saturated carbocycles. The van der Waals surface area contributed by atoms with Crippen LogP contribution in [0.3, 0.4) is 0 Å². The molecule has 0 unspecified atom stereocenters. The highest BCUT2D eigenvalue weighted by Gasteiger charge is 2.27. The summed E-state index contributed by atoms with van der Waals surface area (Å²) in [5.74, 6) is 0.978. The van der Waals surface area contributed by atoms with Gasteiger partial charge < -0.3 is 15.2 Å². The van der Waals surface area contributed by atoms with Gasteiger partial charge >= 0.3 is 0 Å². The minimum atomic E-state index is 0.0501. The van der Waals surface area contributed by atoms with Crippen LogP contribution in [0, 0.1) is 5.41 Å². The van der Waals surface area contributed by atoms with Gasteiger partial charge in [0.05, 0.1) is 5.69 Å². The van der Waals surface area contributed by atoms with Crippen molar-refractivity contribution in [3.8, 4) is 0 Å². The van der Waals surface area contributed by atoms with Crippen molar-refractivity contribution >= 4 is 11.8 Å². The number of piperidine rings is 1. The normalized spacial score (nSPS) is 17.7. The van der Waals surface area contributed by atoms with E-state index in [0.717, 1.165) is 31.6 Å². The standard InChI is InChI=1S/C14H23N3O2/c1-14(2,3)9-13(18)17-6-4-10(5-7-17)11-8-12(15)19-16-11/h8,10H,4-7,9,15H2,1-3H3. The van der Waals surface area contributed by atoms with Gasteiger partial charge in [0.2, 0.25) is 11.8 Å². The van der Waals surface area contributed by atoms with E-state index in [9.17, 15) is 4.79 Å². The first kappa shape index (κ1) is 13.9. The maximum Gasteiger partial charge on any atom is 0.223 e. The smallest absolute Gasteiger partial charge is 0.223 e. The number of carbonyl (C=O) groups excluding carboxylic acids is 1. The molecule has 5 nitrogen and oxygen atoms in total. The van der Waals surface area contributed by atoms with Gasteiger partial charge in [-0.3, -0.25) is 4.79 Å². The number of carbonyl (C=O) groups is 1. The van der Waals surface area contributed by atoms with E-state index in [2.05, 4.69) is 25.9 Å². The second-order valence-corrected chi connectivity index (χ2v) is 6.55. The van der Waals surface area contributed by atoms with Gasteiger partial charge in [0.25, 0.3) is 0 Å². The first-order chi connectivity index (χ1) is 8.85. The lowest BCUT2D eigenvalue weighted by atomic mass is 9.89. The summed E-state index contributed by atoms with van der Waals surface area (Å²) in [5, 5.41) is 3.97. The number of hydrogen-bond donors (Lipinski definition) is 1. The van der Waals surface area contributed by atoms with Crippen molar-refractivity contribution in [2.75, 3.05) is 18.8 Å². The maximum absolute atomic E-state index is 12.1. The Morgan fingerprint density at radius 3 is 2.58 bits per heavy atom. The largest absolute Gasteiger partial charge is 0.368 e. The van der Waals surface area contributed by atoms with Crippen molar-refractivity contribution in [3.05, 3.63) is 11.8 Å². The fraction of sp³-hybridized carbons (Fsp3) is 0.714. The van der Waals surface area contributed by atoms with Crippen LogP contribution in [-0.4, -0.2) is 29.1 Å². The minimum absolute atomic E-state index is 0.0501. The van der Waals surface area contributed by atoms with Gasteiger partial charge in [-0.05, 0) is 18.3 Å². The van der Waals surface area contributed by atoms with Crippen LogP contribution < -0.4 is 5.73 Å². The van der Waals surface area contributed by atoms with E-state index in [0.29, 0.717) is 18.2 Å². The number of aromatic nitrogens is 1. The lowest BCUT2D eigenvalue weighted by Crippen LogP contribution is -2.39. The summed E-state index contributed by atoms with van der Waals surface area (Å²) >= 11 is 0. The van der Waals surface area contributed by atoms with Crippen molar-refractivity contribution in [3.63, 3.8) is 0 Å². The molecule has 0 aromatic carbocycles. The Kier molecular flexibility index (Phi) is 3.83. The van der Waals surface area contributed by atoms with E-state index in [-0.39, 0.29) is 11.3 Å². The SMILES string of the molecule is CC(C)(C)CC(=O)N1CCC(c2cc(N)on2)CC1. The molecule has 1 fully saturated rings. The van der Waals surface area contributed by atoms with Crippen LogP contribution in [0.1, 0.15) is 51.6 Å². The number of nitrogen functional groups attached to an aromatic ring is 1. The zero-order chi connectivity index (χ0) is 14.0. The Morgan fingerprint density at radius 2 is 2.11 bits per heavy atom. The average molecular weight is 265 g/mol. The number of hydrogen-bond acceptors (Lipinski definition) is 4. The maximum atomic E-state index is 12.1. The molecule has 0 spiro atoms. The van der Waals surface area contributed by atoms with Crippen LogP contribution in [0.2, 0.25) is 0 Å². The van der Waals surface area contributed by atoms with Gasteiger partial charge in [0.1, 0.15) is 0 Å². The molecule has 2 rings (SSSR count). The Hall–Kier alpha value is -1.52. The van der Waals surface area contributed by atoms with Gasteiger partial charge in [-0.1, -0.05) is 25.9 Å². The van der Waals surface area contributed by atoms with Gasteiger partial charge in [-0.15, -0.1) is 0 Å². The molecule has 5 heteroatoms. The molecule has 1 saturated heterocycles. The first-order valence-electron chi connectivity index (χ1n) is 6.85. The molecular weight excluding hydrogens is 242 g/mol. The van der Waals surface area contributed by atoms with Crippen LogP contribution in [0.4, 0.5) is 5.88 Å². The summed E-state index contributed by atoms with van der Waals surface area (Å²) in [7, 11) is 0. The highest BCUT2D eigenvalue weighted by molar-refractivity contribution is 5.76. The van der Waals surface area contributed by atoms with Crippen molar-refractivity contribution in [1.82, 2.24) is 10.1 Å². The third kappa shape index (κ3) is 3.72. The molecule has 1 aromatic heterocycles. The molecule has 0 atom stereocenters. The van der Waals surface area contributed by atoms with E-state index in [4.69, 9.17) is 10.3 Å². The molecule has 106 valence electrons. The lowest BCUT2D eigenvalue weighted by Gasteiger charge is -2.33. The highest BCUT2D eigenvalue weighted by atomic mass is 16.5. The number of amides is 1. The predicted octanol–water partition coefficient (Wildman–Crippen LogP) is 2.40. The Morgan fingerprint density at radius 1 is 1.47 bits per heavy atom. The first-order valence-corrected chi connectivity index (χ1v) is 6.85. The molecule has 1 aliphatic rings. The second-order valence-electron chi connectivity index (χ2n) is 6.55. The summed E-state index contributed by atoms with van der Waals surface area (Å²) in [6, 6.07) is 1.79. The van der Waals surface area contributed by atoms with Gasteiger partial charge in [-0.25, -0.2) is 0 Å². The molecule has 1 aliphatic heterocycles. The van der Waals surface area contributed by atoms with Crippen molar-refractivity contribution < 1.29 is 9.32 Å². The van der Waals surface area contributed by atoms with Crippen LogP contribution in [-0.2, 0) is 4.79 Å². The van der Waals surface area contributed by atoms with E-state index in [1.54, 1.807) is 6.07 Å². The van der Waals surface area contributed by atoms with Crippen molar-refractivity contribution in [2.24, 2.45) is 5.41 Å². The monoisotopic (exact) mass is 265 g/mol. The van der Waals surface area contributed by atoms with E-state index >= 15 is 0 Å². The Balaban J connectivity index is 1.87. The molecule has 0 radical (unpaired) electrons. The summed E-state index contributed by atoms with van der Waals surface area (Å²) in [5.41, 5.74) is 6.50. The molecule has 2 heterocycles. The van der Waals surface area contributed by atoms with Crippen LogP contribution in [0.5, 0.6) is 0 Å². The highest BCUT2D eigenvalue weighted by Crippen LogP contribution is 2.29. The molecular formula is C14H23N3O2. The van der Waals surface area contributed by atoms with Crippen LogP contribution >= 0.6 is 0 Å². The lowest BCUT2D eigenvalue weighted by molar-refractivity contribution is -0.134. The molecule has 0 aliphatic carbocycles. The van der Waals surface area contributed by atoms with E-state index < -0.39 is 0 Å².